The molecule has 0 aliphatic heterocycles. The van der Waals surface area contributed by atoms with Crippen LogP contribution in [0.25, 0.3) is 10.9 Å². The molecule has 0 bridgehead atoms. The molecule has 1 unspecified atom stereocenters. The Bertz CT molecular complexity index is 1260. The van der Waals surface area contributed by atoms with Crippen LogP contribution < -0.4 is 10.0 Å². The average Bonchev–Trinajstić information content (AvgIpc) is 2.79. The normalized spacial score (nSPS) is 19.8. The number of rotatable bonds is 6. The van der Waals surface area contributed by atoms with Crippen molar-refractivity contribution in [2.45, 2.75) is 49.6 Å². The van der Waals surface area contributed by atoms with Crippen LogP contribution in [0, 0.1) is 11.7 Å². The van der Waals surface area contributed by atoms with E-state index in [0.29, 0.717) is 41.7 Å². The van der Waals surface area contributed by atoms with Gasteiger partial charge < -0.3 is 5.32 Å². The van der Waals surface area contributed by atoms with E-state index < -0.39 is 10.0 Å². The van der Waals surface area contributed by atoms with Gasteiger partial charge in [-0.25, -0.2) is 22.5 Å². The molecule has 1 aromatic heterocycles. The van der Waals surface area contributed by atoms with Gasteiger partial charge in [0.1, 0.15) is 11.0 Å². The molecule has 0 radical (unpaired) electrons. The SMILES string of the molecule is CC(NC(=O)C1CCC(NS(=O)(=O)c2ccc3nc(Cl)ccc3c2)CC1)c1ccc(F)cc1. The first kappa shape index (κ1) is 23.6. The summed E-state index contributed by atoms with van der Waals surface area (Å²) in [4.78, 5) is 17.0. The lowest BCUT2D eigenvalue weighted by Gasteiger charge is -2.29. The second-order valence-corrected chi connectivity index (χ2v) is 10.5. The van der Waals surface area contributed by atoms with E-state index in [-0.39, 0.29) is 34.6 Å². The van der Waals surface area contributed by atoms with Crippen molar-refractivity contribution in [1.29, 1.82) is 0 Å². The lowest BCUT2D eigenvalue weighted by molar-refractivity contribution is -0.126. The highest BCUT2D eigenvalue weighted by Gasteiger charge is 2.30. The Morgan fingerprint density at radius 1 is 1.06 bits per heavy atom. The number of hydrogen-bond donors (Lipinski definition) is 2. The fourth-order valence-electron chi connectivity index (χ4n) is 4.17. The molecule has 2 N–H and O–H groups in total. The zero-order valence-electron chi connectivity index (χ0n) is 18.1. The lowest BCUT2D eigenvalue weighted by Crippen LogP contribution is -2.41. The van der Waals surface area contributed by atoms with Crippen molar-refractivity contribution in [2.75, 3.05) is 0 Å². The molecule has 1 aliphatic rings. The van der Waals surface area contributed by atoms with Crippen molar-refractivity contribution in [3.05, 3.63) is 71.1 Å². The average molecular weight is 490 g/mol. The second kappa shape index (κ2) is 9.75. The molecule has 2 aromatic carbocycles. The number of pyridine rings is 1. The van der Waals surface area contributed by atoms with E-state index in [1.54, 1.807) is 36.4 Å². The zero-order valence-corrected chi connectivity index (χ0v) is 19.7. The van der Waals surface area contributed by atoms with Gasteiger partial charge in [-0.3, -0.25) is 4.79 Å². The third-order valence-electron chi connectivity index (χ3n) is 6.09. The number of fused-ring (bicyclic) bond motifs is 1. The van der Waals surface area contributed by atoms with E-state index in [1.165, 1.54) is 18.2 Å². The summed E-state index contributed by atoms with van der Waals surface area (Å²) in [6.07, 6.45) is 2.34. The quantitative estimate of drug-likeness (QED) is 0.489. The molecule has 1 saturated carbocycles. The predicted octanol–water partition coefficient (Wildman–Crippen LogP) is 4.74. The second-order valence-electron chi connectivity index (χ2n) is 8.44. The summed E-state index contributed by atoms with van der Waals surface area (Å²) in [5.74, 6) is -0.554. The summed E-state index contributed by atoms with van der Waals surface area (Å²) in [6, 6.07) is 13.7. The molecular weight excluding hydrogens is 465 g/mol. The lowest BCUT2D eigenvalue weighted by atomic mass is 9.85. The largest absolute Gasteiger partial charge is 0.349 e. The first-order valence-electron chi connectivity index (χ1n) is 10.9. The van der Waals surface area contributed by atoms with E-state index in [9.17, 15) is 17.6 Å². The number of amides is 1. The summed E-state index contributed by atoms with van der Waals surface area (Å²) in [5, 5.41) is 4.02. The number of carbonyl (C=O) groups excluding carboxylic acids is 1. The smallest absolute Gasteiger partial charge is 0.240 e. The van der Waals surface area contributed by atoms with Gasteiger partial charge in [0.25, 0.3) is 0 Å². The molecule has 1 aliphatic carbocycles. The van der Waals surface area contributed by atoms with E-state index in [2.05, 4.69) is 15.0 Å². The summed E-state index contributed by atoms with van der Waals surface area (Å²) < 4.78 is 41.7. The molecule has 1 fully saturated rings. The van der Waals surface area contributed by atoms with Crippen molar-refractivity contribution in [3.8, 4) is 0 Å². The number of aromatic nitrogens is 1. The molecule has 1 heterocycles. The van der Waals surface area contributed by atoms with Crippen LogP contribution in [0.2, 0.25) is 5.15 Å². The molecule has 9 heteroatoms. The van der Waals surface area contributed by atoms with E-state index >= 15 is 0 Å². The maximum Gasteiger partial charge on any atom is 0.240 e. The molecule has 1 atom stereocenters. The van der Waals surface area contributed by atoms with Gasteiger partial charge in [-0.1, -0.05) is 23.7 Å². The van der Waals surface area contributed by atoms with Crippen LogP contribution in [-0.4, -0.2) is 25.4 Å². The first-order valence-corrected chi connectivity index (χ1v) is 12.7. The van der Waals surface area contributed by atoms with Crippen molar-refractivity contribution in [1.82, 2.24) is 15.0 Å². The van der Waals surface area contributed by atoms with Crippen molar-refractivity contribution >= 4 is 38.4 Å². The topological polar surface area (TPSA) is 88.2 Å². The minimum atomic E-state index is -3.70. The van der Waals surface area contributed by atoms with Crippen LogP contribution in [0.15, 0.2) is 59.5 Å². The standard InChI is InChI=1S/C24H25ClFN3O3S/c1-15(16-2-7-19(26)8-3-16)27-24(30)17-4-9-20(10-5-17)29-33(31,32)21-11-12-22-18(14-21)6-13-23(25)28-22/h2-3,6-8,11-15,17,20,29H,4-5,9-10H2,1H3,(H,27,30). The first-order chi connectivity index (χ1) is 15.7. The third kappa shape index (κ3) is 5.69. The van der Waals surface area contributed by atoms with Gasteiger partial charge in [-0.05, 0) is 80.6 Å². The van der Waals surface area contributed by atoms with Crippen LogP contribution >= 0.6 is 11.6 Å². The highest BCUT2D eigenvalue weighted by atomic mass is 35.5. The summed E-state index contributed by atoms with van der Waals surface area (Å²) in [6.45, 7) is 1.86. The Hall–Kier alpha value is -2.55. The number of halogens is 2. The van der Waals surface area contributed by atoms with Gasteiger partial charge in [0.05, 0.1) is 16.5 Å². The molecular formula is C24H25ClFN3O3S. The Kier molecular flexibility index (Phi) is 6.97. The number of carbonyl (C=O) groups is 1. The van der Waals surface area contributed by atoms with Gasteiger partial charge in [0, 0.05) is 17.3 Å². The number of benzene rings is 2. The van der Waals surface area contributed by atoms with Gasteiger partial charge in [0.15, 0.2) is 0 Å². The number of hydrogen-bond acceptors (Lipinski definition) is 4. The van der Waals surface area contributed by atoms with Crippen LogP contribution in [0.4, 0.5) is 4.39 Å². The molecule has 0 saturated heterocycles. The number of sulfonamides is 1. The Labute approximate surface area is 197 Å². The number of nitrogens with zero attached hydrogens (tertiary/aromatic N) is 1. The molecule has 1 amide bonds. The fourth-order valence-corrected chi connectivity index (χ4v) is 5.67. The maximum atomic E-state index is 13.1. The minimum absolute atomic E-state index is 0.0613. The highest BCUT2D eigenvalue weighted by molar-refractivity contribution is 7.89. The van der Waals surface area contributed by atoms with Gasteiger partial charge in [-0.15, -0.1) is 0 Å². The van der Waals surface area contributed by atoms with E-state index in [4.69, 9.17) is 11.6 Å². The molecule has 6 nitrogen and oxygen atoms in total. The molecule has 0 spiro atoms. The van der Waals surface area contributed by atoms with Crippen molar-refractivity contribution < 1.29 is 17.6 Å². The monoisotopic (exact) mass is 489 g/mol. The van der Waals surface area contributed by atoms with Gasteiger partial charge >= 0.3 is 0 Å². The van der Waals surface area contributed by atoms with Crippen molar-refractivity contribution in [2.24, 2.45) is 5.92 Å². The summed E-state index contributed by atoms with van der Waals surface area (Å²) in [7, 11) is -3.70. The van der Waals surface area contributed by atoms with E-state index in [0.717, 1.165) is 5.56 Å². The number of nitrogens with one attached hydrogen (secondary N) is 2. The van der Waals surface area contributed by atoms with Crippen LogP contribution in [0.1, 0.15) is 44.2 Å². The van der Waals surface area contributed by atoms with Crippen LogP contribution in [-0.2, 0) is 14.8 Å². The fraction of sp³-hybridized carbons (Fsp3) is 0.333. The van der Waals surface area contributed by atoms with Gasteiger partial charge in [-0.2, -0.15) is 0 Å². The molecule has 33 heavy (non-hydrogen) atoms. The third-order valence-corrected chi connectivity index (χ3v) is 7.81. The Balaban J connectivity index is 1.33. The molecule has 174 valence electrons. The summed E-state index contributed by atoms with van der Waals surface area (Å²) >= 11 is 5.89. The van der Waals surface area contributed by atoms with Gasteiger partial charge in [0.2, 0.25) is 15.9 Å². The van der Waals surface area contributed by atoms with Crippen LogP contribution in [0.5, 0.6) is 0 Å². The minimum Gasteiger partial charge on any atom is -0.349 e. The van der Waals surface area contributed by atoms with Crippen LogP contribution in [0.3, 0.4) is 0 Å². The predicted molar refractivity (Wildman–Crippen MR) is 126 cm³/mol. The highest BCUT2D eigenvalue weighted by Crippen LogP contribution is 2.27. The van der Waals surface area contributed by atoms with E-state index in [1.807, 2.05) is 6.92 Å². The summed E-state index contributed by atoms with van der Waals surface area (Å²) in [5.41, 5.74) is 1.46. The van der Waals surface area contributed by atoms with Crippen molar-refractivity contribution in [3.63, 3.8) is 0 Å². The maximum absolute atomic E-state index is 13.1. The zero-order chi connectivity index (χ0) is 23.6. The molecule has 3 aromatic rings. The Morgan fingerprint density at radius 2 is 1.76 bits per heavy atom. The Morgan fingerprint density at radius 3 is 2.45 bits per heavy atom. The molecule has 4 rings (SSSR count).